The molecule has 39 heavy (non-hydrogen) atoms. The number of benzene rings is 1. The summed E-state index contributed by atoms with van der Waals surface area (Å²) in [6.45, 7) is 2.40. The number of nitrogens with zero attached hydrogens (tertiary/aromatic N) is 8. The van der Waals surface area contributed by atoms with Gasteiger partial charge in [0.1, 0.15) is 34.7 Å². The van der Waals surface area contributed by atoms with E-state index in [4.69, 9.17) is 4.98 Å². The fraction of sp³-hybridized carbons (Fsp3) is 0.393. The van der Waals surface area contributed by atoms with Crippen molar-refractivity contribution >= 4 is 28.7 Å². The van der Waals surface area contributed by atoms with Crippen molar-refractivity contribution in [2.75, 3.05) is 24.6 Å². The van der Waals surface area contributed by atoms with Crippen molar-refractivity contribution in [3.63, 3.8) is 0 Å². The molecule has 1 atom stereocenters. The summed E-state index contributed by atoms with van der Waals surface area (Å²) in [6.07, 6.45) is 8.05. The van der Waals surface area contributed by atoms with Crippen LogP contribution in [0.3, 0.4) is 0 Å². The number of aryl methyl sites for hydroxylation is 2. The molecule has 1 saturated carbocycles. The number of aliphatic hydroxyl groups is 1. The van der Waals surface area contributed by atoms with E-state index < -0.39 is 5.54 Å². The van der Waals surface area contributed by atoms with E-state index in [-0.39, 0.29) is 30.9 Å². The molecule has 11 nitrogen and oxygen atoms in total. The maximum absolute atomic E-state index is 14.0. The molecule has 3 aromatic heterocycles. The fourth-order valence-electron chi connectivity index (χ4n) is 6.17. The van der Waals surface area contributed by atoms with Gasteiger partial charge < -0.3 is 19.5 Å². The minimum atomic E-state index is -1.05. The monoisotopic (exact) mass is 524 g/mol. The molecule has 2 amide bonds. The van der Waals surface area contributed by atoms with Gasteiger partial charge in [-0.2, -0.15) is 0 Å². The molecule has 0 bridgehead atoms. The fourth-order valence-corrected chi connectivity index (χ4v) is 6.17. The smallest absolute Gasteiger partial charge is 0.257 e. The molecule has 1 aromatic carbocycles. The molecule has 198 valence electrons. The maximum Gasteiger partial charge on any atom is 0.257 e. The van der Waals surface area contributed by atoms with Crippen molar-refractivity contribution in [2.24, 2.45) is 13.0 Å². The molecule has 1 saturated heterocycles. The van der Waals surface area contributed by atoms with Crippen LogP contribution >= 0.6 is 0 Å². The first-order chi connectivity index (χ1) is 18.9. The lowest BCUT2D eigenvalue weighted by Gasteiger charge is -2.34. The highest BCUT2D eigenvalue weighted by Crippen LogP contribution is 2.52. The van der Waals surface area contributed by atoms with Gasteiger partial charge in [-0.3, -0.25) is 9.59 Å². The lowest BCUT2D eigenvalue weighted by molar-refractivity contribution is -0.144. The summed E-state index contributed by atoms with van der Waals surface area (Å²) in [7, 11) is 1.89. The molecule has 7 rings (SSSR count). The predicted molar refractivity (Wildman–Crippen MR) is 142 cm³/mol. The standard InChI is InChI=1S/C28H28N8O3/c1-16-29-13-19(14-30-16)24-33-23-22(31-15-32-25(23)34(24)2)18-6-7-21-20(12-18)28(27(39)35(21)10-11-37)8-3-9-36(28)26(38)17-4-5-17/h6-7,12-15,17,37H,3-5,8-11H2,1-2H3. The van der Waals surface area contributed by atoms with E-state index in [1.165, 1.54) is 6.33 Å². The van der Waals surface area contributed by atoms with E-state index in [9.17, 15) is 14.7 Å². The molecule has 3 aliphatic rings. The summed E-state index contributed by atoms with van der Waals surface area (Å²) in [5.74, 6) is 1.27. The van der Waals surface area contributed by atoms with Gasteiger partial charge in [-0.1, -0.05) is 6.07 Å². The zero-order valence-electron chi connectivity index (χ0n) is 21.8. The Balaban J connectivity index is 1.39. The molecule has 2 fully saturated rings. The van der Waals surface area contributed by atoms with Gasteiger partial charge in [0.05, 0.1) is 12.2 Å². The van der Waals surface area contributed by atoms with E-state index in [0.29, 0.717) is 41.5 Å². The van der Waals surface area contributed by atoms with E-state index in [1.54, 1.807) is 22.2 Å². The average molecular weight is 525 g/mol. The molecular weight excluding hydrogens is 496 g/mol. The number of rotatable bonds is 5. The van der Waals surface area contributed by atoms with Gasteiger partial charge in [0.25, 0.3) is 5.91 Å². The molecule has 2 aliphatic heterocycles. The number of likely N-dealkylation sites (tertiary alicyclic amines) is 1. The third-order valence-electron chi connectivity index (χ3n) is 8.20. The lowest BCUT2D eigenvalue weighted by atomic mass is 9.86. The van der Waals surface area contributed by atoms with Crippen LogP contribution in [-0.4, -0.2) is 71.0 Å². The number of hydrogen-bond acceptors (Lipinski definition) is 8. The number of anilines is 1. The van der Waals surface area contributed by atoms with Crippen molar-refractivity contribution < 1.29 is 14.7 Å². The predicted octanol–water partition coefficient (Wildman–Crippen LogP) is 2.36. The van der Waals surface area contributed by atoms with E-state index in [0.717, 1.165) is 41.6 Å². The molecular formula is C28H28N8O3. The van der Waals surface area contributed by atoms with Gasteiger partial charge >= 0.3 is 0 Å². The van der Waals surface area contributed by atoms with Crippen molar-refractivity contribution in [1.82, 2.24) is 34.4 Å². The first-order valence-electron chi connectivity index (χ1n) is 13.3. The third-order valence-corrected chi connectivity index (χ3v) is 8.20. The highest BCUT2D eigenvalue weighted by Gasteiger charge is 2.59. The van der Waals surface area contributed by atoms with Crippen molar-refractivity contribution in [3.8, 4) is 22.6 Å². The zero-order chi connectivity index (χ0) is 26.9. The summed E-state index contributed by atoms with van der Waals surface area (Å²) in [5.41, 5.74) is 3.95. The van der Waals surface area contributed by atoms with Crippen LogP contribution in [0.2, 0.25) is 0 Å². The average Bonchev–Trinajstić information content (AvgIpc) is 3.56. The number of fused-ring (bicyclic) bond motifs is 3. The largest absolute Gasteiger partial charge is 0.395 e. The molecule has 0 radical (unpaired) electrons. The topological polar surface area (TPSA) is 130 Å². The van der Waals surface area contributed by atoms with Gasteiger partial charge in [-0.05, 0) is 44.7 Å². The first-order valence-corrected chi connectivity index (χ1v) is 13.3. The van der Waals surface area contributed by atoms with Crippen molar-refractivity contribution in [3.05, 3.63) is 48.3 Å². The molecule has 4 aromatic rings. The Morgan fingerprint density at radius 3 is 2.67 bits per heavy atom. The normalized spacial score (nSPS) is 20.4. The summed E-state index contributed by atoms with van der Waals surface area (Å²) in [6, 6.07) is 5.80. The second-order valence-corrected chi connectivity index (χ2v) is 10.5. The molecule has 1 aliphatic carbocycles. The maximum atomic E-state index is 14.0. The quantitative estimate of drug-likeness (QED) is 0.421. The first kappa shape index (κ1) is 23.8. The SMILES string of the molecule is Cc1ncc(-c2nc3c(-c4ccc5c(c4)C4(CCCN4C(=O)C4CC4)C(=O)N5CCO)ncnc3n2C)cn1. The van der Waals surface area contributed by atoms with Crippen LogP contribution in [0.4, 0.5) is 5.69 Å². The Morgan fingerprint density at radius 2 is 1.92 bits per heavy atom. The van der Waals surface area contributed by atoms with Gasteiger partial charge in [0.2, 0.25) is 5.91 Å². The van der Waals surface area contributed by atoms with Crippen molar-refractivity contribution in [2.45, 2.75) is 38.1 Å². The summed E-state index contributed by atoms with van der Waals surface area (Å²) in [4.78, 5) is 53.4. The van der Waals surface area contributed by atoms with E-state index in [1.807, 2.05) is 36.7 Å². The number of imidazole rings is 1. The van der Waals surface area contributed by atoms with Crippen LogP contribution in [-0.2, 0) is 22.2 Å². The number of carbonyl (C=O) groups excluding carboxylic acids is 2. The number of amides is 2. The van der Waals surface area contributed by atoms with Crippen molar-refractivity contribution in [1.29, 1.82) is 0 Å². The van der Waals surface area contributed by atoms with Gasteiger partial charge in [0, 0.05) is 55.3 Å². The summed E-state index contributed by atoms with van der Waals surface area (Å²) < 4.78 is 1.89. The second-order valence-electron chi connectivity index (χ2n) is 10.5. The van der Waals surface area contributed by atoms with Crippen LogP contribution in [0.1, 0.15) is 37.1 Å². The number of hydrogen-bond donors (Lipinski definition) is 1. The Morgan fingerprint density at radius 1 is 1.13 bits per heavy atom. The molecule has 5 heterocycles. The minimum absolute atomic E-state index is 0.00508. The highest BCUT2D eigenvalue weighted by molar-refractivity contribution is 6.10. The Labute approximate surface area is 224 Å². The van der Waals surface area contributed by atoms with Gasteiger partial charge in [-0.25, -0.2) is 24.9 Å². The van der Waals surface area contributed by atoms with Crippen LogP contribution < -0.4 is 4.90 Å². The molecule has 1 N–H and O–H groups in total. The molecule has 1 unspecified atom stereocenters. The zero-order valence-corrected chi connectivity index (χ0v) is 21.8. The number of aliphatic hydroxyl groups excluding tert-OH is 1. The minimum Gasteiger partial charge on any atom is -0.395 e. The Kier molecular flexibility index (Phi) is 5.28. The van der Waals surface area contributed by atoms with Crippen LogP contribution in [0.15, 0.2) is 36.9 Å². The van der Waals surface area contributed by atoms with Crippen LogP contribution in [0.5, 0.6) is 0 Å². The van der Waals surface area contributed by atoms with Gasteiger partial charge in [0.15, 0.2) is 5.65 Å². The third kappa shape index (κ3) is 3.42. The van der Waals surface area contributed by atoms with E-state index in [2.05, 4.69) is 19.9 Å². The number of carbonyl (C=O) groups is 2. The summed E-state index contributed by atoms with van der Waals surface area (Å²) in [5, 5.41) is 9.75. The lowest BCUT2D eigenvalue weighted by Crippen LogP contribution is -2.52. The Bertz CT molecular complexity index is 1640. The van der Waals surface area contributed by atoms with Crippen LogP contribution in [0.25, 0.3) is 33.8 Å². The second kappa shape index (κ2) is 8.63. The molecule has 1 spiro atoms. The highest BCUT2D eigenvalue weighted by atomic mass is 16.3. The molecule has 11 heteroatoms. The van der Waals surface area contributed by atoms with Crippen LogP contribution in [0, 0.1) is 12.8 Å². The Hall–Kier alpha value is -4.25. The number of β-amino-alcohol motifs (C(OH)–C–C–N with tert-alkyl or cyclic N) is 1. The van der Waals surface area contributed by atoms with E-state index >= 15 is 0 Å². The van der Waals surface area contributed by atoms with Gasteiger partial charge in [-0.15, -0.1) is 0 Å². The number of aromatic nitrogens is 6. The summed E-state index contributed by atoms with van der Waals surface area (Å²) >= 11 is 0.